The molecule has 0 saturated heterocycles. The summed E-state index contributed by atoms with van der Waals surface area (Å²) >= 11 is 7.45. The summed E-state index contributed by atoms with van der Waals surface area (Å²) in [7, 11) is 0. The standard InChI is InChI=1S/C18H12ClN3O4S/c19-15-10-3-1-2-4-13(10)27-16(15)17(24)26-8-14(23)20-9-5-6-11-12(7-9)22-18(25)21-11/h1-7H,8H2,(H,20,23)(H2,21,22,25). The third-order valence-corrected chi connectivity index (χ3v) is 5.51. The minimum absolute atomic E-state index is 0.261. The Labute approximate surface area is 160 Å². The number of H-pyrrole nitrogens is 2. The van der Waals surface area contributed by atoms with Crippen LogP contribution in [0.3, 0.4) is 0 Å². The van der Waals surface area contributed by atoms with Gasteiger partial charge < -0.3 is 20.0 Å². The van der Waals surface area contributed by atoms with Crippen LogP contribution < -0.4 is 11.0 Å². The molecule has 2 heterocycles. The molecule has 4 aromatic rings. The Kier molecular flexibility index (Phi) is 4.43. The largest absolute Gasteiger partial charge is 0.451 e. The molecular formula is C18H12ClN3O4S. The van der Waals surface area contributed by atoms with E-state index in [-0.39, 0.29) is 10.6 Å². The molecule has 0 atom stereocenters. The highest BCUT2D eigenvalue weighted by atomic mass is 35.5. The van der Waals surface area contributed by atoms with Gasteiger partial charge in [-0.2, -0.15) is 0 Å². The number of thiophene rings is 1. The topological polar surface area (TPSA) is 104 Å². The number of rotatable bonds is 4. The molecule has 1 amide bonds. The van der Waals surface area contributed by atoms with Crippen molar-refractivity contribution >= 4 is 61.6 Å². The number of fused-ring (bicyclic) bond motifs is 2. The lowest BCUT2D eigenvalue weighted by atomic mass is 10.2. The second-order valence-electron chi connectivity index (χ2n) is 5.71. The van der Waals surface area contributed by atoms with Gasteiger partial charge in [-0.25, -0.2) is 9.59 Å². The number of imidazole rings is 1. The van der Waals surface area contributed by atoms with E-state index in [0.29, 0.717) is 21.7 Å². The summed E-state index contributed by atoms with van der Waals surface area (Å²) in [6.45, 7) is -0.453. The molecule has 0 radical (unpaired) electrons. The molecule has 27 heavy (non-hydrogen) atoms. The Hall–Kier alpha value is -3.10. The van der Waals surface area contributed by atoms with Crippen LogP contribution in [0, 0.1) is 0 Å². The summed E-state index contributed by atoms with van der Waals surface area (Å²) < 4.78 is 5.94. The summed E-state index contributed by atoms with van der Waals surface area (Å²) in [6, 6.07) is 12.3. The van der Waals surface area contributed by atoms with Gasteiger partial charge in [0.2, 0.25) is 0 Å². The Balaban J connectivity index is 1.42. The number of amides is 1. The van der Waals surface area contributed by atoms with Gasteiger partial charge >= 0.3 is 11.7 Å². The van der Waals surface area contributed by atoms with E-state index in [1.54, 1.807) is 18.2 Å². The van der Waals surface area contributed by atoms with Crippen LogP contribution in [0.15, 0.2) is 47.3 Å². The second kappa shape index (κ2) is 6.90. The van der Waals surface area contributed by atoms with E-state index in [9.17, 15) is 14.4 Å². The van der Waals surface area contributed by atoms with Gasteiger partial charge in [0.1, 0.15) is 4.88 Å². The number of anilines is 1. The first-order chi connectivity index (χ1) is 13.0. The zero-order valence-corrected chi connectivity index (χ0v) is 15.2. The molecule has 0 unspecified atom stereocenters. The number of aromatic nitrogens is 2. The zero-order valence-electron chi connectivity index (χ0n) is 13.7. The maximum absolute atomic E-state index is 12.2. The van der Waals surface area contributed by atoms with Crippen molar-refractivity contribution in [2.45, 2.75) is 0 Å². The van der Waals surface area contributed by atoms with Crippen molar-refractivity contribution in [1.82, 2.24) is 9.97 Å². The summed E-state index contributed by atoms with van der Waals surface area (Å²) in [5, 5.41) is 3.70. The Morgan fingerprint density at radius 3 is 2.70 bits per heavy atom. The van der Waals surface area contributed by atoms with E-state index in [1.807, 2.05) is 24.3 Å². The van der Waals surface area contributed by atoms with Crippen LogP contribution in [-0.2, 0) is 9.53 Å². The van der Waals surface area contributed by atoms with Crippen molar-refractivity contribution in [2.75, 3.05) is 11.9 Å². The lowest BCUT2D eigenvalue weighted by molar-refractivity contribution is -0.119. The van der Waals surface area contributed by atoms with Crippen LogP contribution in [0.4, 0.5) is 5.69 Å². The predicted octanol–water partition coefficient (Wildman–Crippen LogP) is 3.52. The number of carbonyl (C=O) groups is 2. The number of nitrogens with one attached hydrogen (secondary N) is 3. The van der Waals surface area contributed by atoms with Gasteiger partial charge in [0.25, 0.3) is 5.91 Å². The quantitative estimate of drug-likeness (QED) is 0.455. The summed E-state index contributed by atoms with van der Waals surface area (Å²) in [6.07, 6.45) is 0. The number of ether oxygens (including phenoxy) is 1. The molecule has 0 bridgehead atoms. The highest BCUT2D eigenvalue weighted by molar-refractivity contribution is 7.21. The molecule has 0 aliphatic carbocycles. The highest BCUT2D eigenvalue weighted by Gasteiger charge is 2.19. The molecular weight excluding hydrogens is 390 g/mol. The number of hydrogen-bond acceptors (Lipinski definition) is 5. The molecule has 2 aromatic heterocycles. The van der Waals surface area contributed by atoms with E-state index in [0.717, 1.165) is 10.1 Å². The van der Waals surface area contributed by atoms with E-state index in [1.165, 1.54) is 11.3 Å². The van der Waals surface area contributed by atoms with Gasteiger partial charge in [-0.15, -0.1) is 11.3 Å². The molecule has 2 aromatic carbocycles. The Morgan fingerprint density at radius 2 is 1.89 bits per heavy atom. The van der Waals surface area contributed by atoms with Gasteiger partial charge in [-0.1, -0.05) is 29.8 Å². The predicted molar refractivity (Wildman–Crippen MR) is 105 cm³/mol. The first-order valence-corrected chi connectivity index (χ1v) is 9.07. The number of benzene rings is 2. The molecule has 136 valence electrons. The van der Waals surface area contributed by atoms with Gasteiger partial charge in [0.05, 0.1) is 16.1 Å². The fraction of sp³-hybridized carbons (Fsp3) is 0.0556. The lowest BCUT2D eigenvalue weighted by Crippen LogP contribution is -2.20. The second-order valence-corrected chi connectivity index (χ2v) is 7.14. The van der Waals surface area contributed by atoms with Crippen molar-refractivity contribution in [3.63, 3.8) is 0 Å². The molecule has 4 rings (SSSR count). The molecule has 0 spiro atoms. The minimum Gasteiger partial charge on any atom is -0.451 e. The SMILES string of the molecule is O=C(COC(=O)c1sc2ccccc2c1Cl)Nc1ccc2[nH]c(=O)[nH]c2c1. The molecule has 3 N–H and O–H groups in total. The van der Waals surface area contributed by atoms with Crippen molar-refractivity contribution in [2.24, 2.45) is 0 Å². The summed E-state index contributed by atoms with van der Waals surface area (Å²) in [5.41, 5.74) is 1.33. The first kappa shape index (κ1) is 17.3. The molecule has 9 heteroatoms. The van der Waals surface area contributed by atoms with E-state index in [4.69, 9.17) is 16.3 Å². The van der Waals surface area contributed by atoms with Crippen LogP contribution in [0.2, 0.25) is 5.02 Å². The van der Waals surface area contributed by atoms with Gasteiger partial charge in [0.15, 0.2) is 6.61 Å². The number of hydrogen-bond donors (Lipinski definition) is 3. The number of halogens is 1. The molecule has 0 aliphatic rings. The van der Waals surface area contributed by atoms with Crippen molar-refractivity contribution in [1.29, 1.82) is 0 Å². The number of esters is 1. The maximum Gasteiger partial charge on any atom is 0.350 e. The Bertz CT molecular complexity index is 1240. The molecule has 7 nitrogen and oxygen atoms in total. The summed E-state index contributed by atoms with van der Waals surface area (Å²) in [5.74, 6) is -1.15. The van der Waals surface area contributed by atoms with E-state index < -0.39 is 18.5 Å². The number of carbonyl (C=O) groups excluding carboxylic acids is 2. The van der Waals surface area contributed by atoms with Crippen LogP contribution in [0.5, 0.6) is 0 Å². The van der Waals surface area contributed by atoms with Crippen molar-refractivity contribution in [3.05, 3.63) is 62.8 Å². The fourth-order valence-electron chi connectivity index (χ4n) is 2.65. The van der Waals surface area contributed by atoms with Gasteiger partial charge in [-0.05, 0) is 24.3 Å². The fourth-order valence-corrected chi connectivity index (χ4v) is 4.05. The molecule has 0 fully saturated rings. The van der Waals surface area contributed by atoms with Crippen LogP contribution in [-0.4, -0.2) is 28.5 Å². The highest BCUT2D eigenvalue weighted by Crippen LogP contribution is 2.35. The third-order valence-electron chi connectivity index (χ3n) is 3.85. The monoisotopic (exact) mass is 401 g/mol. The summed E-state index contributed by atoms with van der Waals surface area (Å²) in [4.78, 5) is 41.0. The normalized spacial score (nSPS) is 11.0. The van der Waals surface area contributed by atoms with E-state index >= 15 is 0 Å². The third kappa shape index (κ3) is 3.44. The minimum atomic E-state index is -0.651. The average Bonchev–Trinajstić information content (AvgIpc) is 3.19. The molecule has 0 aliphatic heterocycles. The van der Waals surface area contributed by atoms with E-state index in [2.05, 4.69) is 15.3 Å². The molecule has 0 saturated carbocycles. The first-order valence-electron chi connectivity index (χ1n) is 7.87. The lowest BCUT2D eigenvalue weighted by Gasteiger charge is -2.06. The van der Waals surface area contributed by atoms with Crippen LogP contribution in [0.25, 0.3) is 21.1 Å². The van der Waals surface area contributed by atoms with Gasteiger partial charge in [-0.3, -0.25) is 4.79 Å². The van der Waals surface area contributed by atoms with Gasteiger partial charge in [0, 0.05) is 15.8 Å². The van der Waals surface area contributed by atoms with Crippen LogP contribution in [0.1, 0.15) is 9.67 Å². The smallest absolute Gasteiger partial charge is 0.350 e. The van der Waals surface area contributed by atoms with Crippen molar-refractivity contribution < 1.29 is 14.3 Å². The average molecular weight is 402 g/mol. The Morgan fingerprint density at radius 1 is 1.11 bits per heavy atom. The van der Waals surface area contributed by atoms with Crippen LogP contribution >= 0.6 is 22.9 Å². The number of aromatic amines is 2. The maximum atomic E-state index is 12.2. The zero-order chi connectivity index (χ0) is 19.0. The van der Waals surface area contributed by atoms with Crippen molar-refractivity contribution in [3.8, 4) is 0 Å².